The molecule has 0 unspecified atom stereocenters. The zero-order chi connectivity index (χ0) is 19.1. The molecule has 5 nitrogen and oxygen atoms in total. The lowest BCUT2D eigenvalue weighted by Gasteiger charge is -2.32. The van der Waals surface area contributed by atoms with Crippen molar-refractivity contribution in [1.29, 1.82) is 0 Å². The van der Waals surface area contributed by atoms with Gasteiger partial charge in [-0.15, -0.1) is 0 Å². The number of aromatic nitrogens is 1. The summed E-state index contributed by atoms with van der Waals surface area (Å²) in [6, 6.07) is 12.5. The van der Waals surface area contributed by atoms with E-state index in [2.05, 4.69) is 24.3 Å². The van der Waals surface area contributed by atoms with Gasteiger partial charge in [0.05, 0.1) is 19.8 Å². The standard InChI is InChI=1S/C22H30N2O3/c1-23-11-3-4-21(23)22(25)24-12-9-19(10-13-24)16-18-5-7-20(8-6-18)17-27-15-14-26-2/h3-8,11,19H,9-10,12-17H2,1-2H3. The molecule has 2 aromatic rings. The number of likely N-dealkylation sites (tertiary alicyclic amines) is 1. The Balaban J connectivity index is 1.44. The van der Waals surface area contributed by atoms with Crippen LogP contribution in [0.25, 0.3) is 0 Å². The van der Waals surface area contributed by atoms with E-state index in [1.165, 1.54) is 11.1 Å². The minimum atomic E-state index is 0.152. The minimum Gasteiger partial charge on any atom is -0.382 e. The molecule has 146 valence electrons. The van der Waals surface area contributed by atoms with Gasteiger partial charge in [-0.2, -0.15) is 0 Å². The summed E-state index contributed by atoms with van der Waals surface area (Å²) in [6.07, 6.45) is 5.14. The van der Waals surface area contributed by atoms with Crippen molar-refractivity contribution in [3.8, 4) is 0 Å². The number of rotatable bonds is 8. The maximum Gasteiger partial charge on any atom is 0.270 e. The van der Waals surface area contributed by atoms with Gasteiger partial charge >= 0.3 is 0 Å². The van der Waals surface area contributed by atoms with E-state index in [4.69, 9.17) is 9.47 Å². The van der Waals surface area contributed by atoms with Crippen LogP contribution in [0.1, 0.15) is 34.5 Å². The summed E-state index contributed by atoms with van der Waals surface area (Å²) in [6.45, 7) is 3.57. The van der Waals surface area contributed by atoms with Crippen molar-refractivity contribution in [2.45, 2.75) is 25.9 Å². The first-order valence-corrected chi connectivity index (χ1v) is 9.72. The molecule has 0 saturated carbocycles. The highest BCUT2D eigenvalue weighted by Gasteiger charge is 2.24. The van der Waals surface area contributed by atoms with Crippen LogP contribution in [0.3, 0.4) is 0 Å². The predicted octanol–water partition coefficient (Wildman–Crippen LogP) is 3.28. The van der Waals surface area contributed by atoms with Crippen molar-refractivity contribution in [3.63, 3.8) is 0 Å². The number of methoxy groups -OCH3 is 1. The lowest BCUT2D eigenvalue weighted by Crippen LogP contribution is -2.39. The molecule has 0 bridgehead atoms. The first-order valence-electron chi connectivity index (χ1n) is 9.72. The molecule has 0 aliphatic carbocycles. The van der Waals surface area contributed by atoms with Crippen molar-refractivity contribution in [3.05, 3.63) is 59.4 Å². The van der Waals surface area contributed by atoms with Crippen LogP contribution >= 0.6 is 0 Å². The molecule has 0 spiro atoms. The predicted molar refractivity (Wildman–Crippen MR) is 106 cm³/mol. The summed E-state index contributed by atoms with van der Waals surface area (Å²) in [5.74, 6) is 0.796. The Morgan fingerprint density at radius 1 is 1.07 bits per heavy atom. The van der Waals surface area contributed by atoms with E-state index in [1.807, 2.05) is 34.8 Å². The number of aryl methyl sites for hydroxylation is 1. The zero-order valence-electron chi connectivity index (χ0n) is 16.4. The van der Waals surface area contributed by atoms with E-state index in [1.54, 1.807) is 7.11 Å². The summed E-state index contributed by atoms with van der Waals surface area (Å²) in [5.41, 5.74) is 3.33. The van der Waals surface area contributed by atoms with Crippen molar-refractivity contribution >= 4 is 5.91 Å². The lowest BCUT2D eigenvalue weighted by atomic mass is 9.90. The molecule has 0 atom stereocenters. The number of hydrogen-bond acceptors (Lipinski definition) is 3. The highest BCUT2D eigenvalue weighted by atomic mass is 16.5. The van der Waals surface area contributed by atoms with Crippen LogP contribution in [0, 0.1) is 5.92 Å². The quantitative estimate of drug-likeness (QED) is 0.670. The van der Waals surface area contributed by atoms with Crippen LogP contribution < -0.4 is 0 Å². The Morgan fingerprint density at radius 2 is 1.78 bits per heavy atom. The Bertz CT molecular complexity index is 715. The van der Waals surface area contributed by atoms with Gasteiger partial charge in [-0.1, -0.05) is 24.3 Å². The van der Waals surface area contributed by atoms with Crippen LogP contribution in [0.2, 0.25) is 0 Å². The Hall–Kier alpha value is -2.11. The summed E-state index contributed by atoms with van der Waals surface area (Å²) in [5, 5.41) is 0. The third-order valence-corrected chi connectivity index (χ3v) is 5.31. The van der Waals surface area contributed by atoms with Crippen molar-refractivity contribution in [2.75, 3.05) is 33.4 Å². The second kappa shape index (κ2) is 9.72. The number of carbonyl (C=O) groups excluding carboxylic acids is 1. The average molecular weight is 370 g/mol. The SMILES string of the molecule is COCCOCc1ccc(CC2CCN(C(=O)c3cccn3C)CC2)cc1. The van der Waals surface area contributed by atoms with Crippen LogP contribution in [-0.2, 0) is 29.5 Å². The number of piperidine rings is 1. The van der Waals surface area contributed by atoms with Gasteiger partial charge < -0.3 is 18.9 Å². The molecule has 1 aliphatic rings. The van der Waals surface area contributed by atoms with E-state index in [9.17, 15) is 4.79 Å². The summed E-state index contributed by atoms with van der Waals surface area (Å²) in [7, 11) is 3.60. The van der Waals surface area contributed by atoms with Crippen LogP contribution in [0.5, 0.6) is 0 Å². The average Bonchev–Trinajstić information content (AvgIpc) is 3.12. The largest absolute Gasteiger partial charge is 0.382 e. The molecule has 27 heavy (non-hydrogen) atoms. The monoisotopic (exact) mass is 370 g/mol. The molecule has 1 fully saturated rings. The summed E-state index contributed by atoms with van der Waals surface area (Å²) >= 11 is 0. The van der Waals surface area contributed by atoms with Gasteiger partial charge in [0.2, 0.25) is 0 Å². The van der Waals surface area contributed by atoms with E-state index in [0.717, 1.165) is 38.0 Å². The normalized spacial score (nSPS) is 15.3. The fourth-order valence-corrected chi connectivity index (χ4v) is 3.62. The Labute approximate surface area is 161 Å². The molecule has 0 N–H and O–H groups in total. The topological polar surface area (TPSA) is 43.7 Å². The highest BCUT2D eigenvalue weighted by Crippen LogP contribution is 2.23. The molecular formula is C22H30N2O3. The van der Waals surface area contributed by atoms with Gasteiger partial charge in [0.1, 0.15) is 5.69 Å². The maximum atomic E-state index is 12.6. The fraction of sp³-hybridized carbons (Fsp3) is 0.500. The first kappa shape index (κ1) is 19.6. The van der Waals surface area contributed by atoms with E-state index >= 15 is 0 Å². The Morgan fingerprint density at radius 3 is 2.41 bits per heavy atom. The van der Waals surface area contributed by atoms with Gasteiger partial charge in [0, 0.05) is 33.4 Å². The molecule has 5 heteroatoms. The van der Waals surface area contributed by atoms with Gasteiger partial charge in [0.25, 0.3) is 5.91 Å². The third kappa shape index (κ3) is 5.44. The van der Waals surface area contributed by atoms with Gasteiger partial charge in [-0.25, -0.2) is 0 Å². The number of carbonyl (C=O) groups is 1. The fourth-order valence-electron chi connectivity index (χ4n) is 3.62. The number of nitrogens with zero attached hydrogens (tertiary/aromatic N) is 2. The van der Waals surface area contributed by atoms with Crippen molar-refractivity contribution in [2.24, 2.45) is 13.0 Å². The molecule has 1 aromatic carbocycles. The third-order valence-electron chi connectivity index (χ3n) is 5.31. The van der Waals surface area contributed by atoms with Gasteiger partial charge in [0.15, 0.2) is 0 Å². The maximum absolute atomic E-state index is 12.6. The molecule has 3 rings (SSSR count). The molecule has 0 radical (unpaired) electrons. The second-order valence-electron chi connectivity index (χ2n) is 7.31. The first-order chi connectivity index (χ1) is 13.2. The molecule has 1 amide bonds. The van der Waals surface area contributed by atoms with E-state index in [-0.39, 0.29) is 5.91 Å². The Kier molecular flexibility index (Phi) is 7.07. The van der Waals surface area contributed by atoms with Crippen molar-refractivity contribution in [1.82, 2.24) is 9.47 Å². The molecule has 1 aliphatic heterocycles. The van der Waals surface area contributed by atoms with Crippen molar-refractivity contribution < 1.29 is 14.3 Å². The number of benzene rings is 1. The number of hydrogen-bond donors (Lipinski definition) is 0. The summed E-state index contributed by atoms with van der Waals surface area (Å²) < 4.78 is 12.4. The van der Waals surface area contributed by atoms with Crippen LogP contribution in [-0.4, -0.2) is 48.8 Å². The van der Waals surface area contributed by atoms with Crippen LogP contribution in [0.15, 0.2) is 42.6 Å². The van der Waals surface area contributed by atoms with Crippen LogP contribution in [0.4, 0.5) is 0 Å². The second-order valence-corrected chi connectivity index (χ2v) is 7.31. The number of amides is 1. The minimum absolute atomic E-state index is 0.152. The lowest BCUT2D eigenvalue weighted by molar-refractivity contribution is 0.0616. The number of ether oxygens (including phenoxy) is 2. The van der Waals surface area contributed by atoms with E-state index < -0.39 is 0 Å². The van der Waals surface area contributed by atoms with Gasteiger partial charge in [-0.05, 0) is 48.4 Å². The van der Waals surface area contributed by atoms with E-state index in [0.29, 0.717) is 25.7 Å². The molecule has 2 heterocycles. The molecular weight excluding hydrogens is 340 g/mol. The van der Waals surface area contributed by atoms with Gasteiger partial charge in [-0.3, -0.25) is 4.79 Å². The highest BCUT2D eigenvalue weighted by molar-refractivity contribution is 5.92. The molecule has 1 aromatic heterocycles. The smallest absolute Gasteiger partial charge is 0.270 e. The zero-order valence-corrected chi connectivity index (χ0v) is 16.4. The summed E-state index contributed by atoms with van der Waals surface area (Å²) in [4.78, 5) is 14.6. The molecule has 1 saturated heterocycles.